The van der Waals surface area contributed by atoms with E-state index < -0.39 is 17.7 Å². The standard InChI is InChI=1S/C4H9O.C2HF3O2.K/c1-4(2,3)5;3-2(4,5)1(6)7;/h1-3H3;(H,6,7);/q-1;;+1. The Bertz CT molecular complexity index is 144. The maximum Gasteiger partial charge on any atom is 1.00 e. The summed E-state index contributed by atoms with van der Waals surface area (Å²) in [5.41, 5.74) is -0.750. The molecule has 0 aromatic rings. The number of hydrogen-bond acceptors (Lipinski definition) is 2. The minimum atomic E-state index is -5.08. The molecule has 0 aromatic heterocycles. The first-order chi connectivity index (χ1) is 4.94. The van der Waals surface area contributed by atoms with E-state index in [1.54, 1.807) is 20.8 Å². The molecule has 0 saturated carbocycles. The van der Waals surface area contributed by atoms with Crippen LogP contribution in [-0.2, 0) is 4.79 Å². The summed E-state index contributed by atoms with van der Waals surface area (Å²) in [5.74, 6) is -2.76. The van der Waals surface area contributed by atoms with E-state index in [2.05, 4.69) is 0 Å². The van der Waals surface area contributed by atoms with Crippen molar-refractivity contribution in [3.63, 3.8) is 0 Å². The summed E-state index contributed by atoms with van der Waals surface area (Å²) in [7, 11) is 0. The van der Waals surface area contributed by atoms with Gasteiger partial charge in [-0.25, -0.2) is 4.79 Å². The first-order valence-electron chi connectivity index (χ1n) is 2.95. The molecule has 0 saturated heterocycles. The van der Waals surface area contributed by atoms with Gasteiger partial charge in [-0.1, -0.05) is 20.8 Å². The number of carboxylic acid groups (broad SMARTS) is 1. The molecule has 0 heterocycles. The largest absolute Gasteiger partial charge is 1.00 e. The Labute approximate surface area is 117 Å². The van der Waals surface area contributed by atoms with Crippen LogP contribution in [0.15, 0.2) is 0 Å². The molecule has 0 fully saturated rings. The van der Waals surface area contributed by atoms with Crippen LogP contribution in [0.2, 0.25) is 0 Å². The smallest absolute Gasteiger partial charge is 0.850 e. The molecule has 1 N–H and O–H groups in total. The third-order valence-electron chi connectivity index (χ3n) is 0.243. The first kappa shape index (κ1) is 19.4. The van der Waals surface area contributed by atoms with E-state index in [1.807, 2.05) is 0 Å². The zero-order valence-corrected chi connectivity index (χ0v) is 11.0. The summed E-state index contributed by atoms with van der Waals surface area (Å²) < 4.78 is 31.7. The monoisotopic (exact) mass is 226 g/mol. The molecular formula is C6H10F3KO3. The molecule has 7 heteroatoms. The zero-order chi connectivity index (χ0) is 10.6. The van der Waals surface area contributed by atoms with E-state index in [0.29, 0.717) is 0 Å². The van der Waals surface area contributed by atoms with E-state index in [4.69, 9.17) is 9.90 Å². The van der Waals surface area contributed by atoms with Gasteiger partial charge in [-0.05, 0) is 0 Å². The van der Waals surface area contributed by atoms with Gasteiger partial charge in [-0.3, -0.25) is 0 Å². The molecule has 0 rings (SSSR count). The number of carbonyl (C=O) groups is 1. The molecule has 0 bridgehead atoms. The van der Waals surface area contributed by atoms with Crippen molar-refractivity contribution in [2.24, 2.45) is 0 Å². The third kappa shape index (κ3) is 32.2. The van der Waals surface area contributed by atoms with Crippen LogP contribution in [-0.4, -0.2) is 22.9 Å². The molecule has 0 radical (unpaired) electrons. The summed E-state index contributed by atoms with van der Waals surface area (Å²) >= 11 is 0. The van der Waals surface area contributed by atoms with Crippen molar-refractivity contribution >= 4 is 5.97 Å². The summed E-state index contributed by atoms with van der Waals surface area (Å²) in [6.45, 7) is 4.90. The van der Waals surface area contributed by atoms with Crippen molar-refractivity contribution in [2.75, 3.05) is 0 Å². The number of halogens is 3. The second-order valence-electron chi connectivity index (χ2n) is 2.92. The van der Waals surface area contributed by atoms with Gasteiger partial charge in [0.1, 0.15) is 0 Å². The fourth-order valence-electron chi connectivity index (χ4n) is 0. The van der Waals surface area contributed by atoms with E-state index in [1.165, 1.54) is 0 Å². The van der Waals surface area contributed by atoms with Crippen LogP contribution in [0.5, 0.6) is 0 Å². The predicted octanol–water partition coefficient (Wildman–Crippen LogP) is -2.22. The Morgan fingerprint density at radius 3 is 1.31 bits per heavy atom. The van der Waals surface area contributed by atoms with Crippen LogP contribution in [0.1, 0.15) is 20.8 Å². The van der Waals surface area contributed by atoms with Crippen molar-refractivity contribution in [1.29, 1.82) is 0 Å². The van der Waals surface area contributed by atoms with Crippen molar-refractivity contribution in [2.45, 2.75) is 32.5 Å². The van der Waals surface area contributed by atoms with Gasteiger partial charge in [0, 0.05) is 0 Å². The predicted molar refractivity (Wildman–Crippen MR) is 33.4 cm³/mol. The molecule has 0 aliphatic heterocycles. The number of carboxylic acids is 1. The number of alkyl halides is 3. The number of rotatable bonds is 0. The van der Waals surface area contributed by atoms with Crippen molar-refractivity contribution < 1.29 is 79.6 Å². The molecule has 0 amide bonds. The second-order valence-corrected chi connectivity index (χ2v) is 2.92. The third-order valence-corrected chi connectivity index (χ3v) is 0.243. The van der Waals surface area contributed by atoms with Gasteiger partial charge in [0.2, 0.25) is 0 Å². The van der Waals surface area contributed by atoms with Crippen LogP contribution < -0.4 is 56.5 Å². The van der Waals surface area contributed by atoms with Crippen molar-refractivity contribution in [1.82, 2.24) is 0 Å². The van der Waals surface area contributed by atoms with Crippen LogP contribution >= 0.6 is 0 Å². The maximum absolute atomic E-state index is 10.6. The van der Waals surface area contributed by atoms with Gasteiger partial charge >= 0.3 is 63.5 Å². The minimum absolute atomic E-state index is 0. The normalized spacial score (nSPS) is 10.7. The van der Waals surface area contributed by atoms with Crippen molar-refractivity contribution in [3.05, 3.63) is 0 Å². The Kier molecular flexibility index (Phi) is 10.7. The maximum atomic E-state index is 10.6. The average Bonchev–Trinajstić information content (AvgIpc) is 1.55. The number of aliphatic carboxylic acids is 1. The summed E-state index contributed by atoms with van der Waals surface area (Å²) in [6, 6.07) is 0. The molecule has 0 aliphatic carbocycles. The van der Waals surface area contributed by atoms with Crippen molar-refractivity contribution in [3.8, 4) is 0 Å². The Morgan fingerprint density at radius 2 is 1.31 bits per heavy atom. The van der Waals surface area contributed by atoms with Gasteiger partial charge < -0.3 is 10.2 Å². The molecule has 0 spiro atoms. The molecule has 3 nitrogen and oxygen atoms in total. The second kappa shape index (κ2) is 7.19. The molecule has 0 atom stereocenters. The Hall–Kier alpha value is 0.856. The summed E-state index contributed by atoms with van der Waals surface area (Å²) in [5, 5.41) is 17.2. The SMILES string of the molecule is CC(C)(C)[O-].O=C(O)C(F)(F)F.[K+]. The molecule has 0 aliphatic rings. The fraction of sp³-hybridized carbons (Fsp3) is 0.833. The molecule has 0 aromatic carbocycles. The average molecular weight is 226 g/mol. The summed E-state index contributed by atoms with van der Waals surface area (Å²) in [6.07, 6.45) is -5.08. The Morgan fingerprint density at radius 1 is 1.23 bits per heavy atom. The minimum Gasteiger partial charge on any atom is -0.850 e. The fourth-order valence-corrected chi connectivity index (χ4v) is 0. The molecular weight excluding hydrogens is 216 g/mol. The molecule has 74 valence electrons. The summed E-state index contributed by atoms with van der Waals surface area (Å²) in [4.78, 5) is 8.90. The van der Waals surface area contributed by atoms with Crippen LogP contribution in [0, 0.1) is 0 Å². The van der Waals surface area contributed by atoms with E-state index >= 15 is 0 Å². The van der Waals surface area contributed by atoms with Gasteiger partial charge in [0.05, 0.1) is 0 Å². The van der Waals surface area contributed by atoms with Gasteiger partial charge in [-0.2, -0.15) is 13.2 Å². The molecule has 0 unspecified atom stereocenters. The zero-order valence-electron chi connectivity index (χ0n) is 7.90. The van der Waals surface area contributed by atoms with Gasteiger partial charge in [-0.15, -0.1) is 5.60 Å². The number of hydrogen-bond donors (Lipinski definition) is 1. The van der Waals surface area contributed by atoms with E-state index in [0.717, 1.165) is 0 Å². The van der Waals surface area contributed by atoms with Crippen LogP contribution in [0.4, 0.5) is 13.2 Å². The van der Waals surface area contributed by atoms with Gasteiger partial charge in [0.15, 0.2) is 0 Å². The molecule has 13 heavy (non-hydrogen) atoms. The topological polar surface area (TPSA) is 60.4 Å². The van der Waals surface area contributed by atoms with E-state index in [9.17, 15) is 18.3 Å². The van der Waals surface area contributed by atoms with Crippen LogP contribution in [0.3, 0.4) is 0 Å². The van der Waals surface area contributed by atoms with E-state index in [-0.39, 0.29) is 51.4 Å². The quantitative estimate of drug-likeness (QED) is 0.476. The van der Waals surface area contributed by atoms with Crippen LogP contribution in [0.25, 0.3) is 0 Å². The Balaban J connectivity index is -0.000000150. The first-order valence-corrected chi connectivity index (χ1v) is 2.95. The van der Waals surface area contributed by atoms with Gasteiger partial charge in [0.25, 0.3) is 0 Å².